The molecule has 1 aliphatic heterocycles. The van der Waals surface area contributed by atoms with Gasteiger partial charge in [0.05, 0.1) is 11.9 Å². The Bertz CT molecular complexity index is 1000. The van der Waals surface area contributed by atoms with Crippen LogP contribution in [-0.4, -0.2) is 33.2 Å². The van der Waals surface area contributed by atoms with E-state index in [1.807, 2.05) is 0 Å². The standard InChI is InChI=1S/C17H15ClF2N2O4S/c1-27(24,25)22-7-6-16(26-15-5-2-10(18)8-14(15)22)17(23)21-11-3-4-12(19)13(20)9-11/h2-5,8-9,16H,6-7H2,1H3,(H,21,23). The highest BCUT2D eigenvalue weighted by Gasteiger charge is 2.31. The number of sulfonamides is 1. The molecule has 0 spiro atoms. The van der Waals surface area contributed by atoms with Crippen LogP contribution in [0.25, 0.3) is 0 Å². The molecule has 6 nitrogen and oxygen atoms in total. The number of amides is 1. The molecule has 0 fully saturated rings. The van der Waals surface area contributed by atoms with Crippen LogP contribution in [0.4, 0.5) is 20.2 Å². The van der Waals surface area contributed by atoms with Crippen molar-refractivity contribution in [1.29, 1.82) is 0 Å². The Hall–Kier alpha value is -2.39. The van der Waals surface area contributed by atoms with Crippen molar-refractivity contribution in [2.75, 3.05) is 22.4 Å². The predicted octanol–water partition coefficient (Wildman–Crippen LogP) is 3.17. The van der Waals surface area contributed by atoms with Gasteiger partial charge in [0, 0.05) is 29.7 Å². The molecule has 0 bridgehead atoms. The van der Waals surface area contributed by atoms with E-state index in [9.17, 15) is 22.0 Å². The number of hydrogen-bond acceptors (Lipinski definition) is 4. The SMILES string of the molecule is CS(=O)(=O)N1CCC(C(=O)Nc2ccc(F)c(F)c2)Oc2ccc(Cl)cc21. The Labute approximate surface area is 159 Å². The maximum absolute atomic E-state index is 13.3. The van der Waals surface area contributed by atoms with Crippen molar-refractivity contribution < 1.29 is 26.7 Å². The molecule has 1 unspecified atom stereocenters. The van der Waals surface area contributed by atoms with Crippen LogP contribution in [0, 0.1) is 11.6 Å². The normalized spacial score (nSPS) is 16.9. The Morgan fingerprint density at radius 2 is 1.96 bits per heavy atom. The van der Waals surface area contributed by atoms with Crippen molar-refractivity contribution in [3.05, 3.63) is 53.1 Å². The molecule has 1 N–H and O–H groups in total. The highest BCUT2D eigenvalue weighted by molar-refractivity contribution is 7.92. The van der Waals surface area contributed by atoms with Crippen molar-refractivity contribution >= 4 is 38.9 Å². The van der Waals surface area contributed by atoms with Gasteiger partial charge in [0.2, 0.25) is 10.0 Å². The van der Waals surface area contributed by atoms with Crippen LogP contribution >= 0.6 is 11.6 Å². The molecule has 3 rings (SSSR count). The number of fused-ring (bicyclic) bond motifs is 1. The van der Waals surface area contributed by atoms with Crippen molar-refractivity contribution in [1.82, 2.24) is 0 Å². The third-order valence-electron chi connectivity index (χ3n) is 3.93. The Morgan fingerprint density at radius 3 is 2.63 bits per heavy atom. The molecule has 144 valence electrons. The molecule has 27 heavy (non-hydrogen) atoms. The van der Waals surface area contributed by atoms with Gasteiger partial charge in [-0.15, -0.1) is 0 Å². The highest BCUT2D eigenvalue weighted by atomic mass is 35.5. The molecule has 0 radical (unpaired) electrons. The first-order valence-electron chi connectivity index (χ1n) is 7.85. The first-order chi connectivity index (χ1) is 12.6. The van der Waals surface area contributed by atoms with Gasteiger partial charge in [-0.3, -0.25) is 9.10 Å². The molecular weight excluding hydrogens is 402 g/mol. The number of hydrogen-bond donors (Lipinski definition) is 1. The minimum atomic E-state index is -3.63. The third kappa shape index (κ3) is 4.30. The van der Waals surface area contributed by atoms with Gasteiger partial charge in [-0.25, -0.2) is 17.2 Å². The number of benzene rings is 2. The minimum Gasteiger partial charge on any atom is -0.478 e. The zero-order valence-corrected chi connectivity index (χ0v) is 15.7. The maximum atomic E-state index is 13.3. The fourth-order valence-electron chi connectivity index (χ4n) is 2.68. The van der Waals surface area contributed by atoms with Crippen molar-refractivity contribution in [2.45, 2.75) is 12.5 Å². The molecule has 1 heterocycles. The molecule has 2 aromatic rings. The van der Waals surface area contributed by atoms with Gasteiger partial charge >= 0.3 is 0 Å². The molecule has 1 atom stereocenters. The molecule has 0 saturated heterocycles. The molecule has 0 saturated carbocycles. The molecule has 1 amide bonds. The lowest BCUT2D eigenvalue weighted by Gasteiger charge is -2.21. The van der Waals surface area contributed by atoms with Crippen LogP contribution in [0.5, 0.6) is 5.75 Å². The summed E-state index contributed by atoms with van der Waals surface area (Å²) < 4.78 is 57.3. The van der Waals surface area contributed by atoms with E-state index in [0.29, 0.717) is 5.02 Å². The summed E-state index contributed by atoms with van der Waals surface area (Å²) >= 11 is 5.96. The number of rotatable bonds is 3. The Kier molecular flexibility index (Phi) is 5.25. The summed E-state index contributed by atoms with van der Waals surface area (Å²) in [6.45, 7) is -0.0119. The van der Waals surface area contributed by atoms with E-state index in [-0.39, 0.29) is 30.1 Å². The average Bonchev–Trinajstić information content (AvgIpc) is 2.77. The zero-order chi connectivity index (χ0) is 19.8. The van der Waals surface area contributed by atoms with Gasteiger partial charge in [-0.1, -0.05) is 11.6 Å². The topological polar surface area (TPSA) is 75.7 Å². The number of nitrogens with one attached hydrogen (secondary N) is 1. The first-order valence-corrected chi connectivity index (χ1v) is 10.1. The van der Waals surface area contributed by atoms with Gasteiger partial charge in [0.25, 0.3) is 5.91 Å². The number of halogens is 3. The summed E-state index contributed by atoms with van der Waals surface area (Å²) in [5.41, 5.74) is 0.288. The van der Waals surface area contributed by atoms with E-state index >= 15 is 0 Å². The van der Waals surface area contributed by atoms with E-state index in [1.165, 1.54) is 24.3 Å². The van der Waals surface area contributed by atoms with Gasteiger partial charge < -0.3 is 10.1 Å². The lowest BCUT2D eigenvalue weighted by atomic mass is 10.2. The monoisotopic (exact) mass is 416 g/mol. The zero-order valence-electron chi connectivity index (χ0n) is 14.1. The summed E-state index contributed by atoms with van der Waals surface area (Å²) in [6.07, 6.45) is 0.0543. The summed E-state index contributed by atoms with van der Waals surface area (Å²) in [5.74, 6) is -2.57. The van der Waals surface area contributed by atoms with E-state index in [0.717, 1.165) is 22.7 Å². The second kappa shape index (κ2) is 7.32. The van der Waals surface area contributed by atoms with Crippen molar-refractivity contribution in [2.24, 2.45) is 0 Å². The number of carbonyl (C=O) groups excluding carboxylic acids is 1. The van der Waals surface area contributed by atoms with Crippen LogP contribution in [-0.2, 0) is 14.8 Å². The number of nitrogens with zero attached hydrogens (tertiary/aromatic N) is 1. The fraction of sp³-hybridized carbons (Fsp3) is 0.235. The van der Waals surface area contributed by atoms with E-state index in [1.54, 1.807) is 0 Å². The highest BCUT2D eigenvalue weighted by Crippen LogP contribution is 2.36. The van der Waals surface area contributed by atoms with E-state index in [2.05, 4.69) is 5.32 Å². The molecule has 10 heteroatoms. The summed E-state index contributed by atoms with van der Waals surface area (Å²) in [5, 5.41) is 2.75. The number of anilines is 2. The second-order valence-electron chi connectivity index (χ2n) is 5.96. The van der Waals surface area contributed by atoms with Crippen LogP contribution in [0.3, 0.4) is 0 Å². The second-order valence-corrected chi connectivity index (χ2v) is 8.30. The number of ether oxygens (including phenoxy) is 1. The van der Waals surface area contributed by atoms with Gasteiger partial charge in [0.15, 0.2) is 17.7 Å². The quantitative estimate of drug-likeness (QED) is 0.833. The number of carbonyl (C=O) groups is 1. The van der Waals surface area contributed by atoms with E-state index in [4.69, 9.17) is 16.3 Å². The van der Waals surface area contributed by atoms with Gasteiger partial charge in [0.1, 0.15) is 5.75 Å². The third-order valence-corrected chi connectivity index (χ3v) is 5.35. The largest absolute Gasteiger partial charge is 0.478 e. The van der Waals surface area contributed by atoms with Crippen molar-refractivity contribution in [3.63, 3.8) is 0 Å². The van der Waals surface area contributed by atoms with Crippen molar-refractivity contribution in [3.8, 4) is 5.75 Å². The van der Waals surface area contributed by atoms with Crippen LogP contribution in [0.1, 0.15) is 6.42 Å². The lowest BCUT2D eigenvalue weighted by Crippen LogP contribution is -2.36. The van der Waals surface area contributed by atoms with Gasteiger partial charge in [-0.05, 0) is 30.3 Å². The summed E-state index contributed by atoms with van der Waals surface area (Å²) in [7, 11) is -3.63. The van der Waals surface area contributed by atoms with Crippen LogP contribution in [0.2, 0.25) is 5.02 Å². The van der Waals surface area contributed by atoms with E-state index < -0.39 is 33.7 Å². The molecule has 1 aliphatic rings. The molecule has 0 aliphatic carbocycles. The molecule has 2 aromatic carbocycles. The van der Waals surface area contributed by atoms with Crippen LogP contribution < -0.4 is 14.4 Å². The molecule has 0 aromatic heterocycles. The maximum Gasteiger partial charge on any atom is 0.265 e. The average molecular weight is 417 g/mol. The first kappa shape index (κ1) is 19.4. The fourth-order valence-corrected chi connectivity index (χ4v) is 3.78. The summed E-state index contributed by atoms with van der Waals surface area (Å²) in [6, 6.07) is 7.37. The Morgan fingerprint density at radius 1 is 1.22 bits per heavy atom. The minimum absolute atomic E-state index is 0.0119. The Balaban J connectivity index is 1.87. The lowest BCUT2D eigenvalue weighted by molar-refractivity contribution is -0.122. The predicted molar refractivity (Wildman–Crippen MR) is 97.7 cm³/mol. The molecular formula is C17H15ClF2N2O4S. The van der Waals surface area contributed by atoms with Crippen LogP contribution in [0.15, 0.2) is 36.4 Å². The smallest absolute Gasteiger partial charge is 0.265 e. The van der Waals surface area contributed by atoms with Gasteiger partial charge in [-0.2, -0.15) is 0 Å². The summed E-state index contributed by atoms with van der Waals surface area (Å²) in [4.78, 5) is 12.5.